The number of hydrogen-bond acceptors (Lipinski definition) is 3. The second-order valence-electron chi connectivity index (χ2n) is 7.87. The standard InChI is InChI=1S/C24H26N4O3/c1-16(23(30)25-12-11-17-14-26-21-10-6-5-9-20(17)21)27-24(31)18-13-22(29)28(15-18)19-7-3-2-4-8-19/h2-10,14,16,18,26H,11-13,15H2,1H3,(H,25,30)(H,27,31). The zero-order chi connectivity index (χ0) is 21.8. The van der Waals surface area contributed by atoms with E-state index in [4.69, 9.17) is 0 Å². The first-order valence-corrected chi connectivity index (χ1v) is 10.5. The van der Waals surface area contributed by atoms with Gasteiger partial charge in [0.2, 0.25) is 17.7 Å². The minimum absolute atomic E-state index is 0.0813. The van der Waals surface area contributed by atoms with Crippen molar-refractivity contribution in [3.8, 4) is 0 Å². The van der Waals surface area contributed by atoms with E-state index in [2.05, 4.69) is 15.6 Å². The highest BCUT2D eigenvalue weighted by Gasteiger charge is 2.35. The SMILES string of the molecule is CC(NC(=O)C1CC(=O)N(c2ccccc2)C1)C(=O)NCCc1c[nH]c2ccccc12. The minimum atomic E-state index is -0.670. The predicted octanol–water partition coefficient (Wildman–Crippen LogP) is 2.38. The summed E-state index contributed by atoms with van der Waals surface area (Å²) in [5.74, 6) is -1.06. The number of benzene rings is 2. The average Bonchev–Trinajstić information content (AvgIpc) is 3.38. The molecule has 2 unspecified atom stereocenters. The molecule has 4 rings (SSSR count). The molecule has 3 amide bonds. The van der Waals surface area contributed by atoms with E-state index in [0.29, 0.717) is 19.5 Å². The molecule has 2 heterocycles. The van der Waals surface area contributed by atoms with Crippen LogP contribution in [0.15, 0.2) is 60.8 Å². The Bertz CT molecular complexity index is 1090. The summed E-state index contributed by atoms with van der Waals surface area (Å²) in [6.45, 7) is 2.46. The summed E-state index contributed by atoms with van der Waals surface area (Å²) in [4.78, 5) is 42.2. The van der Waals surface area contributed by atoms with Gasteiger partial charge in [-0.2, -0.15) is 0 Å². The molecule has 2 atom stereocenters. The van der Waals surface area contributed by atoms with Gasteiger partial charge in [0, 0.05) is 42.3 Å². The highest BCUT2D eigenvalue weighted by molar-refractivity contribution is 6.01. The molecule has 1 aromatic heterocycles. The Morgan fingerprint density at radius 1 is 1.13 bits per heavy atom. The first kappa shape index (κ1) is 20.7. The van der Waals surface area contributed by atoms with Crippen molar-refractivity contribution in [2.75, 3.05) is 18.0 Å². The number of fused-ring (bicyclic) bond motifs is 1. The van der Waals surface area contributed by atoms with Crippen LogP contribution in [0, 0.1) is 5.92 Å². The van der Waals surface area contributed by atoms with E-state index in [1.807, 2.05) is 60.8 Å². The summed E-state index contributed by atoms with van der Waals surface area (Å²) in [5, 5.41) is 6.78. The fourth-order valence-electron chi connectivity index (χ4n) is 3.95. The van der Waals surface area contributed by atoms with Gasteiger partial charge in [0.15, 0.2) is 0 Å². The highest BCUT2D eigenvalue weighted by Crippen LogP contribution is 2.25. The maximum atomic E-state index is 12.6. The van der Waals surface area contributed by atoms with E-state index in [0.717, 1.165) is 22.2 Å². The fourth-order valence-corrected chi connectivity index (χ4v) is 3.95. The van der Waals surface area contributed by atoms with Gasteiger partial charge < -0.3 is 20.5 Å². The van der Waals surface area contributed by atoms with Crippen LogP contribution >= 0.6 is 0 Å². The molecule has 160 valence electrons. The third-order valence-corrected chi connectivity index (χ3v) is 5.68. The summed E-state index contributed by atoms with van der Waals surface area (Å²) in [5.41, 5.74) is 2.99. The van der Waals surface area contributed by atoms with Crippen molar-refractivity contribution in [2.45, 2.75) is 25.8 Å². The fraction of sp³-hybridized carbons (Fsp3) is 0.292. The number of anilines is 1. The molecule has 2 aromatic carbocycles. The normalized spacial score (nSPS) is 17.0. The van der Waals surface area contributed by atoms with E-state index in [1.165, 1.54) is 0 Å². The molecule has 7 heteroatoms. The van der Waals surface area contributed by atoms with E-state index in [-0.39, 0.29) is 24.1 Å². The lowest BCUT2D eigenvalue weighted by molar-refractivity contribution is -0.130. The molecule has 0 aliphatic carbocycles. The van der Waals surface area contributed by atoms with Gasteiger partial charge in [-0.1, -0.05) is 36.4 Å². The molecule has 7 nitrogen and oxygen atoms in total. The lowest BCUT2D eigenvalue weighted by Crippen LogP contribution is -2.47. The average molecular weight is 418 g/mol. The van der Waals surface area contributed by atoms with Crippen LogP contribution in [-0.2, 0) is 20.8 Å². The second-order valence-corrected chi connectivity index (χ2v) is 7.87. The molecule has 3 aromatic rings. The van der Waals surface area contributed by atoms with Gasteiger partial charge in [-0.15, -0.1) is 0 Å². The van der Waals surface area contributed by atoms with Crippen LogP contribution in [0.3, 0.4) is 0 Å². The van der Waals surface area contributed by atoms with Gasteiger partial charge in [0.1, 0.15) is 6.04 Å². The van der Waals surface area contributed by atoms with Crippen molar-refractivity contribution >= 4 is 34.3 Å². The molecule has 1 aliphatic rings. The molecule has 0 saturated carbocycles. The van der Waals surface area contributed by atoms with Gasteiger partial charge in [-0.25, -0.2) is 0 Å². The van der Waals surface area contributed by atoms with Crippen molar-refractivity contribution in [3.05, 3.63) is 66.4 Å². The zero-order valence-electron chi connectivity index (χ0n) is 17.4. The van der Waals surface area contributed by atoms with Crippen molar-refractivity contribution in [3.63, 3.8) is 0 Å². The van der Waals surface area contributed by atoms with Crippen LogP contribution in [0.5, 0.6) is 0 Å². The molecule has 1 aliphatic heterocycles. The van der Waals surface area contributed by atoms with Crippen molar-refractivity contribution in [2.24, 2.45) is 5.92 Å². The number of H-pyrrole nitrogens is 1. The lowest BCUT2D eigenvalue weighted by atomic mass is 10.1. The number of para-hydroxylation sites is 2. The topological polar surface area (TPSA) is 94.3 Å². The van der Waals surface area contributed by atoms with E-state index < -0.39 is 12.0 Å². The van der Waals surface area contributed by atoms with Gasteiger partial charge in [-0.05, 0) is 37.1 Å². The molecule has 1 fully saturated rings. The smallest absolute Gasteiger partial charge is 0.242 e. The molecular weight excluding hydrogens is 392 g/mol. The Labute approximate surface area is 180 Å². The van der Waals surface area contributed by atoms with Crippen LogP contribution in [0.2, 0.25) is 0 Å². The Kier molecular flexibility index (Phi) is 6.02. The maximum Gasteiger partial charge on any atom is 0.242 e. The first-order chi connectivity index (χ1) is 15.0. The molecular formula is C24H26N4O3. The minimum Gasteiger partial charge on any atom is -0.361 e. The Balaban J connectivity index is 1.26. The molecule has 31 heavy (non-hydrogen) atoms. The number of nitrogens with zero attached hydrogens (tertiary/aromatic N) is 1. The molecule has 0 radical (unpaired) electrons. The third-order valence-electron chi connectivity index (χ3n) is 5.68. The van der Waals surface area contributed by atoms with E-state index >= 15 is 0 Å². The quantitative estimate of drug-likeness (QED) is 0.550. The lowest BCUT2D eigenvalue weighted by Gasteiger charge is -2.18. The van der Waals surface area contributed by atoms with Crippen LogP contribution in [-0.4, -0.2) is 41.8 Å². The number of aromatic nitrogens is 1. The van der Waals surface area contributed by atoms with Gasteiger partial charge in [-0.3, -0.25) is 14.4 Å². The zero-order valence-corrected chi connectivity index (χ0v) is 17.4. The highest BCUT2D eigenvalue weighted by atomic mass is 16.2. The van der Waals surface area contributed by atoms with E-state index in [1.54, 1.807) is 11.8 Å². The number of rotatable bonds is 7. The number of nitrogens with one attached hydrogen (secondary N) is 3. The molecule has 3 N–H and O–H groups in total. The third kappa shape index (κ3) is 4.60. The van der Waals surface area contributed by atoms with Crippen LogP contribution in [0.4, 0.5) is 5.69 Å². The van der Waals surface area contributed by atoms with Gasteiger partial charge in [0.05, 0.1) is 5.92 Å². The number of carbonyl (C=O) groups excluding carboxylic acids is 3. The number of aromatic amines is 1. The predicted molar refractivity (Wildman–Crippen MR) is 120 cm³/mol. The summed E-state index contributed by atoms with van der Waals surface area (Å²) >= 11 is 0. The monoisotopic (exact) mass is 418 g/mol. The van der Waals surface area contributed by atoms with Crippen LogP contribution < -0.4 is 15.5 Å². The molecule has 0 spiro atoms. The number of hydrogen-bond donors (Lipinski definition) is 3. The summed E-state index contributed by atoms with van der Waals surface area (Å²) in [6, 6.07) is 16.7. The van der Waals surface area contributed by atoms with Crippen molar-refractivity contribution in [1.82, 2.24) is 15.6 Å². The van der Waals surface area contributed by atoms with Crippen molar-refractivity contribution in [1.29, 1.82) is 0 Å². The summed E-state index contributed by atoms with van der Waals surface area (Å²) < 4.78 is 0. The summed E-state index contributed by atoms with van der Waals surface area (Å²) in [6.07, 6.45) is 2.80. The van der Waals surface area contributed by atoms with Crippen LogP contribution in [0.1, 0.15) is 18.9 Å². The van der Waals surface area contributed by atoms with E-state index in [9.17, 15) is 14.4 Å². The summed E-state index contributed by atoms with van der Waals surface area (Å²) in [7, 11) is 0. The largest absolute Gasteiger partial charge is 0.361 e. The molecule has 0 bridgehead atoms. The molecule has 1 saturated heterocycles. The maximum absolute atomic E-state index is 12.6. The number of amides is 3. The van der Waals surface area contributed by atoms with Crippen molar-refractivity contribution < 1.29 is 14.4 Å². The van der Waals surface area contributed by atoms with Crippen LogP contribution in [0.25, 0.3) is 10.9 Å². The first-order valence-electron chi connectivity index (χ1n) is 10.5. The van der Waals surface area contributed by atoms with Gasteiger partial charge >= 0.3 is 0 Å². The second kappa shape index (κ2) is 9.04. The number of carbonyl (C=O) groups is 3. The Morgan fingerprint density at radius 3 is 2.68 bits per heavy atom. The Hall–Kier alpha value is -3.61. The van der Waals surface area contributed by atoms with Gasteiger partial charge in [0.25, 0.3) is 0 Å². The Morgan fingerprint density at radius 2 is 1.87 bits per heavy atom.